The minimum absolute atomic E-state index is 0.0238. The molecule has 0 N–H and O–H groups in total. The molecule has 0 saturated carbocycles. The van der Waals surface area contributed by atoms with Crippen molar-refractivity contribution in [3.63, 3.8) is 0 Å². The third-order valence-electron chi connectivity index (χ3n) is 2.93. The van der Waals surface area contributed by atoms with Crippen molar-refractivity contribution in [2.24, 2.45) is 0 Å². The second-order valence-electron chi connectivity index (χ2n) is 4.43. The molecule has 21 heavy (non-hydrogen) atoms. The van der Waals surface area contributed by atoms with E-state index in [1.54, 1.807) is 37.3 Å². The Morgan fingerprint density at radius 3 is 2.29 bits per heavy atom. The van der Waals surface area contributed by atoms with Gasteiger partial charge in [-0.15, -0.1) is 13.2 Å². The van der Waals surface area contributed by atoms with Gasteiger partial charge in [0.2, 0.25) is 0 Å². The molecule has 0 radical (unpaired) electrons. The van der Waals surface area contributed by atoms with E-state index in [4.69, 9.17) is 0 Å². The highest BCUT2D eigenvalue weighted by molar-refractivity contribution is 5.96. The molecule has 0 aliphatic carbocycles. The van der Waals surface area contributed by atoms with Crippen molar-refractivity contribution in [3.05, 3.63) is 54.1 Å². The molecule has 5 heteroatoms. The van der Waals surface area contributed by atoms with Crippen molar-refractivity contribution in [2.45, 2.75) is 19.7 Å². The van der Waals surface area contributed by atoms with Gasteiger partial charge in [-0.2, -0.15) is 0 Å². The standard InChI is InChI=1S/C16H13F3O2/c1-2-15(20)12-8-6-11(7-9-12)13-4-3-5-14(10-13)21-16(17,18)19/h3-10H,2H2,1H3. The molecule has 2 rings (SSSR count). The maximum Gasteiger partial charge on any atom is 0.573 e. The van der Waals surface area contributed by atoms with Crippen LogP contribution in [0.3, 0.4) is 0 Å². The molecule has 2 aromatic carbocycles. The number of alkyl halides is 3. The van der Waals surface area contributed by atoms with Gasteiger partial charge in [-0.1, -0.05) is 43.3 Å². The van der Waals surface area contributed by atoms with Crippen LogP contribution in [0, 0.1) is 0 Å². The number of Topliss-reactive ketones (excluding diaryl/α,β-unsaturated/α-hetero) is 1. The Hall–Kier alpha value is -2.30. The molecule has 0 heterocycles. The van der Waals surface area contributed by atoms with Crippen LogP contribution in [-0.2, 0) is 0 Å². The summed E-state index contributed by atoms with van der Waals surface area (Å²) in [4.78, 5) is 11.5. The zero-order valence-electron chi connectivity index (χ0n) is 11.3. The smallest absolute Gasteiger partial charge is 0.406 e. The third kappa shape index (κ3) is 4.08. The summed E-state index contributed by atoms with van der Waals surface area (Å²) in [6, 6.07) is 12.5. The van der Waals surface area contributed by atoms with E-state index in [2.05, 4.69) is 4.74 Å². The van der Waals surface area contributed by atoms with Gasteiger partial charge in [-0.3, -0.25) is 4.79 Å². The summed E-state index contributed by atoms with van der Waals surface area (Å²) in [5, 5.41) is 0. The normalized spacial score (nSPS) is 11.2. The number of hydrogen-bond donors (Lipinski definition) is 0. The molecule has 0 bridgehead atoms. The molecule has 0 saturated heterocycles. The molecule has 110 valence electrons. The lowest BCUT2D eigenvalue weighted by Crippen LogP contribution is -2.17. The van der Waals surface area contributed by atoms with Crippen molar-refractivity contribution < 1.29 is 22.7 Å². The molecule has 0 aromatic heterocycles. The Labute approximate surface area is 120 Å². The SMILES string of the molecule is CCC(=O)c1ccc(-c2cccc(OC(F)(F)F)c2)cc1. The first-order chi connectivity index (χ1) is 9.89. The highest BCUT2D eigenvalue weighted by Crippen LogP contribution is 2.28. The van der Waals surface area contributed by atoms with E-state index in [1.807, 2.05) is 0 Å². The van der Waals surface area contributed by atoms with Gasteiger partial charge in [0.25, 0.3) is 0 Å². The predicted octanol–water partition coefficient (Wildman–Crippen LogP) is 4.84. The largest absolute Gasteiger partial charge is 0.573 e. The Morgan fingerprint density at radius 2 is 1.71 bits per heavy atom. The summed E-state index contributed by atoms with van der Waals surface area (Å²) in [5.74, 6) is -0.246. The molecule has 0 amide bonds. The Bertz CT molecular complexity index is 631. The Morgan fingerprint density at radius 1 is 1.05 bits per heavy atom. The van der Waals surface area contributed by atoms with Crippen molar-refractivity contribution in [3.8, 4) is 16.9 Å². The second-order valence-corrected chi connectivity index (χ2v) is 4.43. The number of hydrogen-bond acceptors (Lipinski definition) is 2. The number of benzene rings is 2. The Kier molecular flexibility index (Phi) is 4.31. The van der Waals surface area contributed by atoms with E-state index in [9.17, 15) is 18.0 Å². The zero-order chi connectivity index (χ0) is 15.5. The van der Waals surface area contributed by atoms with E-state index >= 15 is 0 Å². The number of halogens is 3. The highest BCUT2D eigenvalue weighted by Gasteiger charge is 2.31. The van der Waals surface area contributed by atoms with Gasteiger partial charge in [0.05, 0.1) is 0 Å². The summed E-state index contributed by atoms with van der Waals surface area (Å²) in [5.41, 5.74) is 1.89. The maximum atomic E-state index is 12.2. The molecule has 2 nitrogen and oxygen atoms in total. The topological polar surface area (TPSA) is 26.3 Å². The van der Waals surface area contributed by atoms with Crippen LogP contribution < -0.4 is 4.74 Å². The number of rotatable bonds is 4. The highest BCUT2D eigenvalue weighted by atomic mass is 19.4. The summed E-state index contributed by atoms with van der Waals surface area (Å²) in [6.07, 6.45) is -4.30. The van der Waals surface area contributed by atoms with Crippen LogP contribution in [-0.4, -0.2) is 12.1 Å². The lowest BCUT2D eigenvalue weighted by atomic mass is 10.0. The minimum atomic E-state index is -4.71. The first kappa shape index (κ1) is 15.1. The maximum absolute atomic E-state index is 12.2. The Balaban J connectivity index is 2.26. The predicted molar refractivity (Wildman–Crippen MR) is 73.2 cm³/mol. The van der Waals surface area contributed by atoms with Gasteiger partial charge >= 0.3 is 6.36 Å². The van der Waals surface area contributed by atoms with Crippen LogP contribution in [0.25, 0.3) is 11.1 Å². The second kappa shape index (κ2) is 5.99. The van der Waals surface area contributed by atoms with E-state index in [0.717, 1.165) is 5.56 Å². The average molecular weight is 294 g/mol. The van der Waals surface area contributed by atoms with Crippen molar-refractivity contribution in [2.75, 3.05) is 0 Å². The van der Waals surface area contributed by atoms with Gasteiger partial charge in [-0.05, 0) is 23.3 Å². The quantitative estimate of drug-likeness (QED) is 0.754. The van der Waals surface area contributed by atoms with E-state index in [1.165, 1.54) is 18.2 Å². The van der Waals surface area contributed by atoms with Crippen LogP contribution in [0.4, 0.5) is 13.2 Å². The van der Waals surface area contributed by atoms with E-state index < -0.39 is 6.36 Å². The fourth-order valence-electron chi connectivity index (χ4n) is 1.93. The molecular formula is C16H13F3O2. The van der Waals surface area contributed by atoms with Crippen LogP contribution in [0.15, 0.2) is 48.5 Å². The monoisotopic (exact) mass is 294 g/mol. The van der Waals surface area contributed by atoms with E-state index in [-0.39, 0.29) is 11.5 Å². The van der Waals surface area contributed by atoms with Crippen LogP contribution in [0.5, 0.6) is 5.75 Å². The van der Waals surface area contributed by atoms with Crippen LogP contribution in [0.1, 0.15) is 23.7 Å². The molecule has 0 atom stereocenters. The first-order valence-electron chi connectivity index (χ1n) is 6.38. The van der Waals surface area contributed by atoms with Gasteiger partial charge in [0, 0.05) is 12.0 Å². The van der Waals surface area contributed by atoms with E-state index in [0.29, 0.717) is 17.5 Å². The molecule has 0 fully saturated rings. The summed E-state index contributed by atoms with van der Waals surface area (Å²) in [6.45, 7) is 1.77. The number of ether oxygens (including phenoxy) is 1. The van der Waals surface area contributed by atoms with Crippen LogP contribution in [0.2, 0.25) is 0 Å². The fraction of sp³-hybridized carbons (Fsp3) is 0.188. The average Bonchev–Trinajstić information content (AvgIpc) is 2.45. The molecule has 0 unspecified atom stereocenters. The van der Waals surface area contributed by atoms with Crippen LogP contribution >= 0.6 is 0 Å². The van der Waals surface area contributed by atoms with Gasteiger partial charge < -0.3 is 4.74 Å². The van der Waals surface area contributed by atoms with Gasteiger partial charge in [0.1, 0.15) is 5.75 Å². The number of carbonyl (C=O) groups excluding carboxylic acids is 1. The minimum Gasteiger partial charge on any atom is -0.406 e. The zero-order valence-corrected chi connectivity index (χ0v) is 11.3. The molecule has 0 aliphatic rings. The van der Waals surface area contributed by atoms with Crippen molar-refractivity contribution >= 4 is 5.78 Å². The van der Waals surface area contributed by atoms with Crippen molar-refractivity contribution in [1.29, 1.82) is 0 Å². The van der Waals surface area contributed by atoms with Gasteiger partial charge in [0.15, 0.2) is 5.78 Å². The lowest BCUT2D eigenvalue weighted by Gasteiger charge is -2.10. The first-order valence-corrected chi connectivity index (χ1v) is 6.38. The lowest BCUT2D eigenvalue weighted by molar-refractivity contribution is -0.274. The fourth-order valence-corrected chi connectivity index (χ4v) is 1.93. The third-order valence-corrected chi connectivity index (χ3v) is 2.93. The summed E-state index contributed by atoms with van der Waals surface area (Å²) < 4.78 is 40.5. The molecule has 0 aliphatic heterocycles. The molecule has 2 aromatic rings. The van der Waals surface area contributed by atoms with Gasteiger partial charge in [-0.25, -0.2) is 0 Å². The molecular weight excluding hydrogens is 281 g/mol. The number of carbonyl (C=O) groups is 1. The number of ketones is 1. The van der Waals surface area contributed by atoms with Crippen molar-refractivity contribution in [1.82, 2.24) is 0 Å². The summed E-state index contributed by atoms with van der Waals surface area (Å²) in [7, 11) is 0. The summed E-state index contributed by atoms with van der Waals surface area (Å²) >= 11 is 0. The molecule has 0 spiro atoms.